The number of nitrogens with zero attached hydrogens (tertiary/aromatic N) is 4. The Labute approximate surface area is 198 Å². The molecular formula is C24H21F3N6O2. The summed E-state index contributed by atoms with van der Waals surface area (Å²) in [5.74, 6) is -1.000. The van der Waals surface area contributed by atoms with Crippen LogP contribution in [-0.4, -0.2) is 52.1 Å². The van der Waals surface area contributed by atoms with Gasteiger partial charge in [0, 0.05) is 55.6 Å². The number of urea groups is 1. The fourth-order valence-corrected chi connectivity index (χ4v) is 3.95. The third kappa shape index (κ3) is 4.70. The average molecular weight is 482 g/mol. The molecule has 0 saturated carbocycles. The summed E-state index contributed by atoms with van der Waals surface area (Å²) in [7, 11) is 0. The molecule has 0 unspecified atom stereocenters. The van der Waals surface area contributed by atoms with Gasteiger partial charge in [-0.05, 0) is 25.1 Å². The summed E-state index contributed by atoms with van der Waals surface area (Å²) < 4.78 is 47.7. The van der Waals surface area contributed by atoms with Gasteiger partial charge in [-0.2, -0.15) is 0 Å². The van der Waals surface area contributed by atoms with Gasteiger partial charge in [-0.25, -0.2) is 27.9 Å². The Hall–Kier alpha value is -4.28. The maximum Gasteiger partial charge on any atom is 0.322 e. The number of halogens is 3. The van der Waals surface area contributed by atoms with E-state index in [1.807, 2.05) is 4.90 Å². The molecule has 180 valence electrons. The Kier molecular flexibility index (Phi) is 5.89. The highest BCUT2D eigenvalue weighted by atomic mass is 19.1. The van der Waals surface area contributed by atoms with Crippen molar-refractivity contribution in [3.8, 4) is 11.5 Å². The number of aryl methyl sites for hydroxylation is 1. The van der Waals surface area contributed by atoms with E-state index in [0.717, 1.165) is 12.1 Å². The molecule has 4 aromatic rings. The highest BCUT2D eigenvalue weighted by Gasteiger charge is 2.23. The summed E-state index contributed by atoms with van der Waals surface area (Å²) in [6.45, 7) is 3.48. The molecule has 1 aliphatic rings. The lowest BCUT2D eigenvalue weighted by molar-refractivity contribution is 0.208. The van der Waals surface area contributed by atoms with Crippen molar-refractivity contribution in [3.63, 3.8) is 0 Å². The lowest BCUT2D eigenvalue weighted by Crippen LogP contribution is -2.50. The van der Waals surface area contributed by atoms with E-state index < -0.39 is 17.5 Å². The predicted molar refractivity (Wildman–Crippen MR) is 124 cm³/mol. The highest BCUT2D eigenvalue weighted by molar-refractivity contribution is 6.01. The zero-order valence-electron chi connectivity index (χ0n) is 18.7. The Balaban J connectivity index is 1.20. The predicted octanol–water partition coefficient (Wildman–Crippen LogP) is 4.83. The molecule has 2 N–H and O–H groups in total. The molecule has 2 amide bonds. The van der Waals surface area contributed by atoms with Gasteiger partial charge < -0.3 is 24.8 Å². The summed E-state index contributed by atoms with van der Waals surface area (Å²) >= 11 is 0. The fraction of sp³-hybridized carbons (Fsp3) is 0.208. The van der Waals surface area contributed by atoms with Crippen LogP contribution in [0.2, 0.25) is 0 Å². The number of aromatic nitrogens is 3. The standard InChI is InChI=1S/C24H21F3N6O2/c1-14-28-11-17(12-29-14)35-22-3-2-16(10-19(22)26)32-4-6-33(7-5-32)24(34)31-21-13-30-23-18(21)8-15(25)9-20(23)27/h2-3,8-13,30H,4-7H2,1H3,(H,31,34). The quantitative estimate of drug-likeness (QED) is 0.435. The molecule has 0 spiro atoms. The smallest absolute Gasteiger partial charge is 0.322 e. The molecule has 8 nitrogen and oxygen atoms in total. The first-order valence-electron chi connectivity index (χ1n) is 10.9. The van der Waals surface area contributed by atoms with Gasteiger partial charge in [0.15, 0.2) is 17.3 Å². The number of hydrogen-bond donors (Lipinski definition) is 2. The first-order valence-corrected chi connectivity index (χ1v) is 10.9. The van der Waals surface area contributed by atoms with Gasteiger partial charge in [0.1, 0.15) is 17.5 Å². The van der Waals surface area contributed by atoms with Crippen molar-refractivity contribution in [1.29, 1.82) is 0 Å². The largest absolute Gasteiger partial charge is 0.451 e. The van der Waals surface area contributed by atoms with Crippen molar-refractivity contribution >= 4 is 28.3 Å². The molecular weight excluding hydrogens is 461 g/mol. The normalized spacial score (nSPS) is 13.8. The van der Waals surface area contributed by atoms with Crippen molar-refractivity contribution in [1.82, 2.24) is 19.9 Å². The van der Waals surface area contributed by atoms with E-state index in [0.29, 0.717) is 49.1 Å². The third-order valence-electron chi connectivity index (χ3n) is 5.78. The topological polar surface area (TPSA) is 86.4 Å². The molecule has 2 aromatic heterocycles. The number of hydrogen-bond acceptors (Lipinski definition) is 5. The highest BCUT2D eigenvalue weighted by Crippen LogP contribution is 2.29. The molecule has 0 aliphatic carbocycles. The maximum atomic E-state index is 14.6. The van der Waals surface area contributed by atoms with Gasteiger partial charge in [0.05, 0.1) is 23.6 Å². The summed E-state index contributed by atoms with van der Waals surface area (Å²) in [4.78, 5) is 27.0. The minimum atomic E-state index is -0.732. The van der Waals surface area contributed by atoms with Crippen LogP contribution in [0, 0.1) is 24.4 Å². The van der Waals surface area contributed by atoms with Crippen LogP contribution in [-0.2, 0) is 0 Å². The Morgan fingerprint density at radius 1 is 1.03 bits per heavy atom. The molecule has 0 bridgehead atoms. The second kappa shape index (κ2) is 9.16. The number of aromatic amines is 1. The van der Waals surface area contributed by atoms with Crippen molar-refractivity contribution in [2.45, 2.75) is 6.92 Å². The SMILES string of the molecule is Cc1ncc(Oc2ccc(N3CCN(C(=O)Nc4c[nH]c5c(F)cc(F)cc45)CC3)cc2F)cn1. The van der Waals surface area contributed by atoms with E-state index in [9.17, 15) is 18.0 Å². The van der Waals surface area contributed by atoms with Gasteiger partial charge in [0.25, 0.3) is 0 Å². The van der Waals surface area contributed by atoms with Gasteiger partial charge in [0.2, 0.25) is 0 Å². The number of carbonyl (C=O) groups excluding carboxylic acids is 1. The lowest BCUT2D eigenvalue weighted by Gasteiger charge is -2.36. The van der Waals surface area contributed by atoms with Crippen LogP contribution >= 0.6 is 0 Å². The summed E-state index contributed by atoms with van der Waals surface area (Å²) in [5.41, 5.74) is 1.08. The van der Waals surface area contributed by atoms with Crippen LogP contribution in [0.3, 0.4) is 0 Å². The molecule has 0 radical (unpaired) electrons. The van der Waals surface area contributed by atoms with Crippen LogP contribution in [0.4, 0.5) is 29.3 Å². The number of amides is 2. The first-order chi connectivity index (χ1) is 16.9. The van der Waals surface area contributed by atoms with E-state index >= 15 is 0 Å². The summed E-state index contributed by atoms with van der Waals surface area (Å²) in [6, 6.07) is 6.23. The minimum absolute atomic E-state index is 0.0609. The fourth-order valence-electron chi connectivity index (χ4n) is 3.95. The van der Waals surface area contributed by atoms with E-state index in [1.54, 1.807) is 24.0 Å². The molecule has 2 aromatic carbocycles. The number of carbonyl (C=O) groups is 1. The molecule has 35 heavy (non-hydrogen) atoms. The van der Waals surface area contributed by atoms with Crippen LogP contribution in [0.15, 0.2) is 48.9 Å². The molecule has 0 atom stereocenters. The van der Waals surface area contributed by atoms with Gasteiger partial charge in [-0.3, -0.25) is 0 Å². The number of nitrogens with one attached hydrogen (secondary N) is 2. The van der Waals surface area contributed by atoms with Crippen LogP contribution in [0.5, 0.6) is 11.5 Å². The van der Waals surface area contributed by atoms with Crippen molar-refractivity contribution in [2.24, 2.45) is 0 Å². The molecule has 3 heterocycles. The summed E-state index contributed by atoms with van der Waals surface area (Å²) in [5, 5.41) is 2.96. The van der Waals surface area contributed by atoms with Crippen molar-refractivity contribution < 1.29 is 22.7 Å². The van der Waals surface area contributed by atoms with Gasteiger partial charge in [-0.15, -0.1) is 0 Å². The van der Waals surface area contributed by atoms with Crippen molar-refractivity contribution in [2.75, 3.05) is 36.4 Å². The number of H-pyrrole nitrogens is 1. The molecule has 11 heteroatoms. The number of anilines is 2. The first kappa shape index (κ1) is 22.5. The third-order valence-corrected chi connectivity index (χ3v) is 5.78. The second-order valence-corrected chi connectivity index (χ2v) is 8.10. The molecule has 1 saturated heterocycles. The summed E-state index contributed by atoms with van der Waals surface area (Å²) in [6.07, 6.45) is 4.38. The van der Waals surface area contributed by atoms with Crippen LogP contribution in [0.25, 0.3) is 10.9 Å². The maximum absolute atomic E-state index is 14.6. The Morgan fingerprint density at radius 3 is 2.49 bits per heavy atom. The zero-order chi connectivity index (χ0) is 24.5. The Morgan fingerprint density at radius 2 is 1.77 bits per heavy atom. The monoisotopic (exact) mass is 482 g/mol. The minimum Gasteiger partial charge on any atom is -0.451 e. The van der Waals surface area contributed by atoms with E-state index in [4.69, 9.17) is 4.74 Å². The molecule has 1 aliphatic heterocycles. The van der Waals surface area contributed by atoms with Crippen molar-refractivity contribution in [3.05, 3.63) is 72.2 Å². The Bertz CT molecular complexity index is 1380. The molecule has 1 fully saturated rings. The number of ether oxygens (including phenoxy) is 1. The van der Waals surface area contributed by atoms with Crippen LogP contribution < -0.4 is 15.0 Å². The number of piperazine rings is 1. The van der Waals surface area contributed by atoms with E-state index in [-0.39, 0.29) is 22.7 Å². The average Bonchev–Trinajstić information content (AvgIpc) is 3.24. The zero-order valence-corrected chi connectivity index (χ0v) is 18.7. The molecule has 5 rings (SSSR count). The van der Waals surface area contributed by atoms with E-state index in [2.05, 4.69) is 20.3 Å². The van der Waals surface area contributed by atoms with E-state index in [1.165, 1.54) is 24.7 Å². The second-order valence-electron chi connectivity index (χ2n) is 8.10. The van der Waals surface area contributed by atoms with Crippen LogP contribution in [0.1, 0.15) is 5.82 Å². The lowest BCUT2D eigenvalue weighted by atomic mass is 10.2. The van der Waals surface area contributed by atoms with Gasteiger partial charge in [-0.1, -0.05) is 0 Å². The number of benzene rings is 2. The number of rotatable bonds is 4. The number of fused-ring (bicyclic) bond motifs is 1. The van der Waals surface area contributed by atoms with Gasteiger partial charge >= 0.3 is 6.03 Å².